The maximum Gasteiger partial charge on any atom is 0.240 e. The first-order chi connectivity index (χ1) is 7.56. The van der Waals surface area contributed by atoms with Gasteiger partial charge in [-0.15, -0.1) is 12.4 Å². The Kier molecular flexibility index (Phi) is 7.75. The Labute approximate surface area is 111 Å². The predicted molar refractivity (Wildman–Crippen MR) is 73.7 cm³/mol. The second-order valence-electron chi connectivity index (χ2n) is 4.91. The summed E-state index contributed by atoms with van der Waals surface area (Å²) in [6, 6.07) is 0.470. The van der Waals surface area contributed by atoms with Crippen LogP contribution in [0.4, 0.5) is 0 Å². The number of carbonyl (C=O) groups excluding carboxylic acids is 1. The minimum absolute atomic E-state index is 0. The Morgan fingerprint density at radius 3 is 2.65 bits per heavy atom. The van der Waals surface area contributed by atoms with Gasteiger partial charge in [0.1, 0.15) is 0 Å². The number of halogens is 1. The average molecular weight is 264 g/mol. The second kappa shape index (κ2) is 7.90. The molecule has 0 radical (unpaired) electrons. The van der Waals surface area contributed by atoms with Crippen LogP contribution in [-0.2, 0) is 4.79 Å². The number of likely N-dealkylation sites (N-methyl/N-ethyl adjacent to an activating group) is 1. The van der Waals surface area contributed by atoms with Crippen molar-refractivity contribution >= 4 is 18.3 Å². The predicted octanol–water partition coefficient (Wildman–Crippen LogP) is 0.959. The lowest BCUT2D eigenvalue weighted by Gasteiger charge is -2.36. The fourth-order valence-corrected chi connectivity index (χ4v) is 2.22. The summed E-state index contributed by atoms with van der Waals surface area (Å²) in [5.41, 5.74) is 0. The molecule has 2 atom stereocenters. The van der Waals surface area contributed by atoms with Crippen LogP contribution >= 0.6 is 12.4 Å². The number of nitrogens with zero attached hydrogens (tertiary/aromatic N) is 2. The first-order valence-corrected chi connectivity index (χ1v) is 6.24. The summed E-state index contributed by atoms with van der Waals surface area (Å²) in [6.07, 6.45) is 2.00. The molecule has 0 spiro atoms. The van der Waals surface area contributed by atoms with Crippen LogP contribution in [0.2, 0.25) is 0 Å². The van der Waals surface area contributed by atoms with Gasteiger partial charge in [0.15, 0.2) is 0 Å². The zero-order chi connectivity index (χ0) is 12.1. The highest BCUT2D eigenvalue weighted by Crippen LogP contribution is 2.09. The highest BCUT2D eigenvalue weighted by molar-refractivity contribution is 5.85. The first-order valence-electron chi connectivity index (χ1n) is 6.24. The molecule has 1 aliphatic rings. The molecule has 1 saturated heterocycles. The standard InChI is InChI=1S/C12H25N3O.ClH/c1-5-6-11(14(3)4)12(16)15-8-7-13-10(2)9-15;/h10-11,13H,5-9H2,1-4H3;1H/t10-,11?;/m1./s1. The quantitative estimate of drug-likeness (QED) is 0.821. The molecule has 4 nitrogen and oxygen atoms in total. The molecule has 0 bridgehead atoms. The van der Waals surface area contributed by atoms with Crippen LogP contribution < -0.4 is 5.32 Å². The topological polar surface area (TPSA) is 35.6 Å². The monoisotopic (exact) mass is 263 g/mol. The molecule has 17 heavy (non-hydrogen) atoms. The maximum absolute atomic E-state index is 12.3. The Balaban J connectivity index is 0.00000256. The van der Waals surface area contributed by atoms with Gasteiger partial charge in [-0.2, -0.15) is 0 Å². The largest absolute Gasteiger partial charge is 0.339 e. The van der Waals surface area contributed by atoms with Crippen molar-refractivity contribution in [3.8, 4) is 0 Å². The minimum atomic E-state index is 0. The van der Waals surface area contributed by atoms with Gasteiger partial charge in [0.05, 0.1) is 6.04 Å². The zero-order valence-electron chi connectivity index (χ0n) is 11.4. The minimum Gasteiger partial charge on any atom is -0.339 e. The van der Waals surface area contributed by atoms with Crippen molar-refractivity contribution in [3.63, 3.8) is 0 Å². The molecule has 1 unspecified atom stereocenters. The molecule has 0 aliphatic carbocycles. The molecule has 0 aromatic rings. The SMILES string of the molecule is CCCC(C(=O)N1CCN[C@H](C)C1)N(C)C.Cl. The van der Waals surface area contributed by atoms with E-state index < -0.39 is 0 Å². The van der Waals surface area contributed by atoms with Gasteiger partial charge in [-0.25, -0.2) is 0 Å². The fraction of sp³-hybridized carbons (Fsp3) is 0.917. The van der Waals surface area contributed by atoms with Crippen LogP contribution in [0.25, 0.3) is 0 Å². The van der Waals surface area contributed by atoms with E-state index in [-0.39, 0.29) is 18.4 Å². The van der Waals surface area contributed by atoms with Gasteiger partial charge in [0, 0.05) is 25.7 Å². The van der Waals surface area contributed by atoms with Crippen molar-refractivity contribution < 1.29 is 4.79 Å². The first kappa shape index (κ1) is 16.7. The van der Waals surface area contributed by atoms with Gasteiger partial charge in [-0.1, -0.05) is 13.3 Å². The molecule has 0 saturated carbocycles. The van der Waals surface area contributed by atoms with Crippen molar-refractivity contribution in [1.29, 1.82) is 0 Å². The average Bonchev–Trinajstić information content (AvgIpc) is 2.24. The third kappa shape index (κ3) is 4.82. The Bertz CT molecular complexity index is 236. The van der Waals surface area contributed by atoms with Gasteiger partial charge in [0.25, 0.3) is 0 Å². The van der Waals surface area contributed by atoms with Crippen LogP contribution in [0.1, 0.15) is 26.7 Å². The van der Waals surface area contributed by atoms with Gasteiger partial charge in [-0.3, -0.25) is 9.69 Å². The van der Waals surface area contributed by atoms with Gasteiger partial charge in [0.2, 0.25) is 5.91 Å². The molecule has 5 heteroatoms. The highest BCUT2D eigenvalue weighted by Gasteiger charge is 2.27. The third-order valence-electron chi connectivity index (χ3n) is 3.15. The van der Waals surface area contributed by atoms with Crippen molar-refractivity contribution in [2.24, 2.45) is 0 Å². The molecule has 1 N–H and O–H groups in total. The molecule has 0 aromatic heterocycles. The number of hydrogen-bond acceptors (Lipinski definition) is 3. The molecule has 102 valence electrons. The Hall–Kier alpha value is -0.320. The third-order valence-corrected chi connectivity index (χ3v) is 3.15. The maximum atomic E-state index is 12.3. The lowest BCUT2D eigenvalue weighted by Crippen LogP contribution is -2.55. The Morgan fingerprint density at radius 2 is 2.18 bits per heavy atom. The number of nitrogens with one attached hydrogen (secondary N) is 1. The summed E-state index contributed by atoms with van der Waals surface area (Å²) in [5, 5.41) is 3.36. The summed E-state index contributed by atoms with van der Waals surface area (Å²) in [5.74, 6) is 0.292. The normalized spacial score (nSPS) is 22.2. The molecule has 1 aliphatic heterocycles. The van der Waals surface area contributed by atoms with E-state index in [9.17, 15) is 4.79 Å². The summed E-state index contributed by atoms with van der Waals surface area (Å²) < 4.78 is 0. The van der Waals surface area contributed by atoms with Crippen LogP contribution in [0.15, 0.2) is 0 Å². The Morgan fingerprint density at radius 1 is 1.53 bits per heavy atom. The number of carbonyl (C=O) groups is 1. The number of hydrogen-bond donors (Lipinski definition) is 1. The van der Waals surface area contributed by atoms with Gasteiger partial charge < -0.3 is 10.2 Å². The number of amides is 1. The van der Waals surface area contributed by atoms with Gasteiger partial charge >= 0.3 is 0 Å². The summed E-state index contributed by atoms with van der Waals surface area (Å²) >= 11 is 0. The smallest absolute Gasteiger partial charge is 0.240 e. The van der Waals surface area contributed by atoms with E-state index in [2.05, 4.69) is 19.2 Å². The van der Waals surface area contributed by atoms with Crippen molar-refractivity contribution in [2.75, 3.05) is 33.7 Å². The lowest BCUT2D eigenvalue weighted by atomic mass is 10.1. The van der Waals surface area contributed by atoms with Crippen LogP contribution in [0.5, 0.6) is 0 Å². The molecular formula is C12H26ClN3O. The molecule has 1 rings (SSSR count). The van der Waals surface area contributed by atoms with Crippen LogP contribution in [0.3, 0.4) is 0 Å². The molecular weight excluding hydrogens is 238 g/mol. The summed E-state index contributed by atoms with van der Waals surface area (Å²) in [4.78, 5) is 16.4. The molecule has 1 amide bonds. The van der Waals surface area contributed by atoms with Gasteiger partial charge in [-0.05, 0) is 27.4 Å². The molecule has 1 heterocycles. The molecule has 1 fully saturated rings. The zero-order valence-corrected chi connectivity index (χ0v) is 12.2. The van der Waals surface area contributed by atoms with E-state index in [1.54, 1.807) is 0 Å². The highest BCUT2D eigenvalue weighted by atomic mass is 35.5. The van der Waals surface area contributed by atoms with Crippen molar-refractivity contribution in [1.82, 2.24) is 15.1 Å². The van der Waals surface area contributed by atoms with Crippen molar-refractivity contribution in [2.45, 2.75) is 38.8 Å². The van der Waals surface area contributed by atoms with E-state index in [4.69, 9.17) is 0 Å². The fourth-order valence-electron chi connectivity index (χ4n) is 2.22. The van der Waals surface area contributed by atoms with Crippen LogP contribution in [0, 0.1) is 0 Å². The van der Waals surface area contributed by atoms with E-state index in [1.165, 1.54) is 0 Å². The number of piperazine rings is 1. The van der Waals surface area contributed by atoms with E-state index >= 15 is 0 Å². The summed E-state index contributed by atoms with van der Waals surface area (Å²) in [7, 11) is 3.98. The summed E-state index contributed by atoms with van der Waals surface area (Å²) in [6.45, 7) is 6.86. The molecule has 0 aromatic carbocycles. The lowest BCUT2D eigenvalue weighted by molar-refractivity contribution is -0.137. The number of rotatable bonds is 4. The second-order valence-corrected chi connectivity index (χ2v) is 4.91. The van der Waals surface area contributed by atoms with E-state index in [0.29, 0.717) is 11.9 Å². The van der Waals surface area contributed by atoms with E-state index in [1.807, 2.05) is 23.9 Å². The van der Waals surface area contributed by atoms with Crippen LogP contribution in [-0.4, -0.2) is 61.5 Å². The van der Waals surface area contributed by atoms with Crippen molar-refractivity contribution in [3.05, 3.63) is 0 Å². The van der Waals surface area contributed by atoms with E-state index in [0.717, 1.165) is 32.5 Å².